The van der Waals surface area contributed by atoms with Gasteiger partial charge in [-0.2, -0.15) is 0 Å². The maximum atomic E-state index is 13.8. The number of amides is 2. The Morgan fingerprint density at radius 1 is 1.12 bits per heavy atom. The van der Waals surface area contributed by atoms with E-state index in [0.717, 1.165) is 12.5 Å². The van der Waals surface area contributed by atoms with Crippen LogP contribution in [0.25, 0.3) is 5.70 Å². The fourth-order valence-electron chi connectivity index (χ4n) is 3.58. The molecule has 3 rings (SSSR count). The van der Waals surface area contributed by atoms with Gasteiger partial charge in [-0.25, -0.2) is 8.78 Å². The lowest BCUT2D eigenvalue weighted by Gasteiger charge is -2.30. The zero-order valence-electron chi connectivity index (χ0n) is 18.3. The van der Waals surface area contributed by atoms with Gasteiger partial charge in [0.25, 0.3) is 5.91 Å². The van der Waals surface area contributed by atoms with Crippen molar-refractivity contribution in [3.63, 3.8) is 0 Å². The first-order valence-corrected chi connectivity index (χ1v) is 10.5. The Kier molecular flexibility index (Phi) is 7.62. The van der Waals surface area contributed by atoms with Crippen molar-refractivity contribution in [2.24, 2.45) is 22.2 Å². The van der Waals surface area contributed by atoms with Crippen LogP contribution in [-0.4, -0.2) is 41.7 Å². The van der Waals surface area contributed by atoms with E-state index in [0.29, 0.717) is 31.1 Å². The SMILES string of the molecule is C=CC(=O)N1CCCC(N=C(N)C(C(N)=O)=C(N)c2ccc(Oc3ccc(F)cc3F)cc2)C1. The first kappa shape index (κ1) is 24.4. The zero-order valence-corrected chi connectivity index (χ0v) is 18.3. The molecule has 0 bridgehead atoms. The van der Waals surface area contributed by atoms with Gasteiger partial charge in [-0.1, -0.05) is 6.58 Å². The molecule has 0 radical (unpaired) electrons. The molecule has 178 valence electrons. The molecular formula is C24H25F2N5O3. The molecule has 34 heavy (non-hydrogen) atoms. The monoisotopic (exact) mass is 469 g/mol. The molecule has 0 aromatic heterocycles. The average Bonchev–Trinajstić information content (AvgIpc) is 2.80. The van der Waals surface area contributed by atoms with Crippen LogP contribution in [0, 0.1) is 11.6 Å². The van der Waals surface area contributed by atoms with E-state index in [4.69, 9.17) is 21.9 Å². The van der Waals surface area contributed by atoms with Gasteiger partial charge in [0.2, 0.25) is 5.91 Å². The Hall–Kier alpha value is -4.21. The van der Waals surface area contributed by atoms with E-state index >= 15 is 0 Å². The lowest BCUT2D eigenvalue weighted by Crippen LogP contribution is -2.42. The lowest BCUT2D eigenvalue weighted by molar-refractivity contribution is -0.127. The number of nitrogens with zero attached hydrogens (tertiary/aromatic N) is 2. The maximum Gasteiger partial charge on any atom is 0.254 e. The van der Waals surface area contributed by atoms with Gasteiger partial charge < -0.3 is 26.8 Å². The third-order valence-electron chi connectivity index (χ3n) is 5.26. The minimum atomic E-state index is -0.859. The molecule has 6 N–H and O–H groups in total. The number of ether oxygens (including phenoxy) is 1. The number of nitrogens with two attached hydrogens (primary N) is 3. The number of aliphatic imine (C=N–C) groups is 1. The molecule has 10 heteroatoms. The largest absolute Gasteiger partial charge is 0.454 e. The van der Waals surface area contributed by atoms with Crippen LogP contribution >= 0.6 is 0 Å². The summed E-state index contributed by atoms with van der Waals surface area (Å²) in [5.41, 5.74) is 18.1. The van der Waals surface area contributed by atoms with Crippen molar-refractivity contribution < 1.29 is 23.1 Å². The average molecular weight is 469 g/mol. The van der Waals surface area contributed by atoms with Crippen molar-refractivity contribution in [1.82, 2.24) is 4.90 Å². The molecular weight excluding hydrogens is 444 g/mol. The van der Waals surface area contributed by atoms with Crippen molar-refractivity contribution >= 4 is 23.3 Å². The third kappa shape index (κ3) is 5.77. The number of rotatable bonds is 7. The number of likely N-dealkylation sites (tertiary alicyclic amines) is 1. The van der Waals surface area contributed by atoms with Gasteiger partial charge >= 0.3 is 0 Å². The lowest BCUT2D eigenvalue weighted by atomic mass is 10.0. The summed E-state index contributed by atoms with van der Waals surface area (Å²) < 4.78 is 32.3. The van der Waals surface area contributed by atoms with Crippen molar-refractivity contribution in [3.8, 4) is 11.5 Å². The van der Waals surface area contributed by atoms with Gasteiger partial charge in [0.15, 0.2) is 11.6 Å². The Bertz CT molecular complexity index is 1160. The number of carbonyl (C=O) groups is 2. The summed E-state index contributed by atoms with van der Waals surface area (Å²) in [7, 11) is 0. The molecule has 1 unspecified atom stereocenters. The van der Waals surface area contributed by atoms with E-state index in [1.807, 2.05) is 0 Å². The molecule has 2 aromatic rings. The quantitative estimate of drug-likeness (QED) is 0.325. The van der Waals surface area contributed by atoms with E-state index in [2.05, 4.69) is 11.6 Å². The molecule has 2 aromatic carbocycles. The Labute approximate surface area is 195 Å². The standard InChI is InChI=1S/C24H25F2N5O3/c1-2-20(32)31-11-3-4-16(13-31)30-23(28)21(24(29)33)22(27)14-5-8-17(9-6-14)34-19-10-7-15(25)12-18(19)26/h2,5-10,12,16H,1,3-4,11,13,27H2,(H2,28,30)(H2,29,33). The highest BCUT2D eigenvalue weighted by atomic mass is 19.1. The highest BCUT2D eigenvalue weighted by Crippen LogP contribution is 2.26. The van der Waals surface area contributed by atoms with E-state index in [9.17, 15) is 18.4 Å². The van der Waals surface area contributed by atoms with Gasteiger partial charge in [-0.05, 0) is 60.9 Å². The van der Waals surface area contributed by atoms with Crippen LogP contribution in [0.15, 0.2) is 65.7 Å². The Morgan fingerprint density at radius 2 is 1.82 bits per heavy atom. The second-order valence-electron chi connectivity index (χ2n) is 7.65. The molecule has 1 saturated heterocycles. The third-order valence-corrected chi connectivity index (χ3v) is 5.26. The summed E-state index contributed by atoms with van der Waals surface area (Å²) in [6, 6.07) is 8.71. The number of carbonyl (C=O) groups excluding carboxylic acids is 2. The van der Waals surface area contributed by atoms with E-state index in [-0.39, 0.29) is 40.6 Å². The summed E-state index contributed by atoms with van der Waals surface area (Å²) >= 11 is 0. The van der Waals surface area contributed by atoms with Crippen molar-refractivity contribution in [2.75, 3.05) is 13.1 Å². The summed E-state index contributed by atoms with van der Waals surface area (Å²) in [6.07, 6.45) is 2.64. The van der Waals surface area contributed by atoms with Crippen LogP contribution in [-0.2, 0) is 9.59 Å². The number of halogens is 2. The maximum absolute atomic E-state index is 13.8. The number of hydrogen-bond acceptors (Lipinski definition) is 5. The normalized spacial score (nSPS) is 17.1. The summed E-state index contributed by atoms with van der Waals surface area (Å²) in [6.45, 7) is 4.42. The fraction of sp³-hybridized carbons (Fsp3) is 0.208. The zero-order chi connectivity index (χ0) is 24.8. The smallest absolute Gasteiger partial charge is 0.254 e. The molecule has 1 fully saturated rings. The van der Waals surface area contributed by atoms with Crippen molar-refractivity contribution in [1.29, 1.82) is 0 Å². The summed E-state index contributed by atoms with van der Waals surface area (Å²) in [4.78, 5) is 30.0. The molecule has 8 nitrogen and oxygen atoms in total. The van der Waals surface area contributed by atoms with Crippen LogP contribution in [0.2, 0.25) is 0 Å². The second-order valence-corrected chi connectivity index (χ2v) is 7.65. The van der Waals surface area contributed by atoms with Crippen LogP contribution in [0.1, 0.15) is 18.4 Å². The van der Waals surface area contributed by atoms with E-state index in [1.165, 1.54) is 36.4 Å². The first-order valence-electron chi connectivity index (χ1n) is 10.5. The van der Waals surface area contributed by atoms with Gasteiger partial charge in [-0.3, -0.25) is 14.6 Å². The number of amidine groups is 1. The number of benzene rings is 2. The van der Waals surface area contributed by atoms with E-state index < -0.39 is 17.5 Å². The number of hydrogen-bond donors (Lipinski definition) is 3. The minimum absolute atomic E-state index is 0.00287. The van der Waals surface area contributed by atoms with Crippen LogP contribution in [0.5, 0.6) is 11.5 Å². The number of primary amides is 1. The summed E-state index contributed by atoms with van der Waals surface area (Å²) in [5.74, 6) is -2.64. The predicted octanol–water partition coefficient (Wildman–Crippen LogP) is 2.45. The predicted molar refractivity (Wildman–Crippen MR) is 125 cm³/mol. The highest BCUT2D eigenvalue weighted by molar-refractivity contribution is 6.24. The molecule has 1 atom stereocenters. The van der Waals surface area contributed by atoms with E-state index in [1.54, 1.807) is 4.90 Å². The molecule has 0 saturated carbocycles. The van der Waals surface area contributed by atoms with Crippen molar-refractivity contribution in [3.05, 3.63) is 77.9 Å². The van der Waals surface area contributed by atoms with Gasteiger partial charge in [-0.15, -0.1) is 0 Å². The van der Waals surface area contributed by atoms with Gasteiger partial charge in [0, 0.05) is 19.2 Å². The fourth-order valence-corrected chi connectivity index (χ4v) is 3.58. The molecule has 1 aliphatic rings. The molecule has 2 amide bonds. The molecule has 0 spiro atoms. The molecule has 1 aliphatic heterocycles. The Morgan fingerprint density at radius 3 is 2.44 bits per heavy atom. The van der Waals surface area contributed by atoms with Crippen LogP contribution in [0.4, 0.5) is 8.78 Å². The first-order chi connectivity index (χ1) is 16.2. The molecule has 1 heterocycles. The minimum Gasteiger partial charge on any atom is -0.454 e. The van der Waals surface area contributed by atoms with Crippen LogP contribution in [0.3, 0.4) is 0 Å². The molecule has 0 aliphatic carbocycles. The second kappa shape index (κ2) is 10.6. The highest BCUT2D eigenvalue weighted by Gasteiger charge is 2.24. The van der Waals surface area contributed by atoms with Gasteiger partial charge in [0.05, 0.1) is 11.7 Å². The topological polar surface area (TPSA) is 137 Å². The Balaban J connectivity index is 1.82. The van der Waals surface area contributed by atoms with Crippen molar-refractivity contribution in [2.45, 2.75) is 18.9 Å². The van der Waals surface area contributed by atoms with Gasteiger partial charge in [0.1, 0.15) is 23.0 Å². The number of piperidine rings is 1. The summed E-state index contributed by atoms with van der Waals surface area (Å²) in [5, 5.41) is 0. The van der Waals surface area contributed by atoms with Crippen LogP contribution < -0.4 is 21.9 Å².